The monoisotopic (exact) mass is 305 g/mol. The molecular formula is C15H19N3O2S. The maximum atomic E-state index is 12.9. The average Bonchev–Trinajstić information content (AvgIpc) is 3.04. The van der Waals surface area contributed by atoms with Crippen LogP contribution in [0.4, 0.5) is 0 Å². The first-order chi connectivity index (χ1) is 10.2. The molecule has 3 heterocycles. The van der Waals surface area contributed by atoms with Gasteiger partial charge in [0.2, 0.25) is 6.39 Å². The van der Waals surface area contributed by atoms with Crippen LogP contribution in [0.5, 0.6) is 0 Å². The van der Waals surface area contributed by atoms with Crippen LogP contribution in [0.1, 0.15) is 58.3 Å². The summed E-state index contributed by atoms with van der Waals surface area (Å²) in [6, 6.07) is -0.0710. The fraction of sp³-hybridized carbons (Fsp3) is 0.533. The van der Waals surface area contributed by atoms with E-state index in [1.54, 1.807) is 11.3 Å². The molecule has 21 heavy (non-hydrogen) atoms. The molecule has 112 valence electrons. The number of thiophene rings is 1. The molecule has 5 nitrogen and oxygen atoms in total. The van der Waals surface area contributed by atoms with Gasteiger partial charge in [-0.3, -0.25) is 4.79 Å². The molecule has 1 saturated heterocycles. The summed E-state index contributed by atoms with van der Waals surface area (Å²) < 4.78 is 4.87. The van der Waals surface area contributed by atoms with E-state index >= 15 is 0 Å². The fourth-order valence-electron chi connectivity index (χ4n) is 2.82. The molecule has 1 atom stereocenters. The minimum atomic E-state index is -0.0710. The highest BCUT2D eigenvalue weighted by Crippen LogP contribution is 2.31. The van der Waals surface area contributed by atoms with Gasteiger partial charge in [0.05, 0.1) is 11.6 Å². The highest BCUT2D eigenvalue weighted by atomic mass is 32.1. The molecule has 0 radical (unpaired) electrons. The molecule has 0 unspecified atom stereocenters. The van der Waals surface area contributed by atoms with Crippen molar-refractivity contribution in [3.63, 3.8) is 0 Å². The average molecular weight is 305 g/mol. The van der Waals surface area contributed by atoms with Gasteiger partial charge in [0, 0.05) is 16.8 Å². The van der Waals surface area contributed by atoms with Crippen molar-refractivity contribution in [2.75, 3.05) is 6.54 Å². The summed E-state index contributed by atoms with van der Waals surface area (Å²) in [7, 11) is 0. The summed E-state index contributed by atoms with van der Waals surface area (Å²) in [5, 5.41) is 5.92. The van der Waals surface area contributed by atoms with Crippen molar-refractivity contribution in [3.8, 4) is 0 Å². The zero-order valence-corrected chi connectivity index (χ0v) is 13.2. The number of aryl methyl sites for hydroxylation is 1. The lowest BCUT2D eigenvalue weighted by molar-refractivity contribution is 0.0670. The number of rotatable bonds is 2. The summed E-state index contributed by atoms with van der Waals surface area (Å²) in [5.74, 6) is 0.711. The number of carbonyl (C=O) groups is 1. The molecular weight excluding hydrogens is 286 g/mol. The van der Waals surface area contributed by atoms with E-state index in [9.17, 15) is 4.79 Å². The lowest BCUT2D eigenvalue weighted by atomic mass is 10.1. The van der Waals surface area contributed by atoms with Gasteiger partial charge < -0.3 is 9.42 Å². The summed E-state index contributed by atoms with van der Waals surface area (Å²) >= 11 is 1.63. The number of nitrogens with zero attached hydrogens (tertiary/aromatic N) is 3. The number of carbonyl (C=O) groups excluding carboxylic acids is 1. The summed E-state index contributed by atoms with van der Waals surface area (Å²) in [4.78, 5) is 20.2. The van der Waals surface area contributed by atoms with Crippen molar-refractivity contribution in [1.29, 1.82) is 0 Å². The smallest absolute Gasteiger partial charge is 0.255 e. The molecule has 0 N–H and O–H groups in total. The third-order valence-electron chi connectivity index (χ3n) is 4.21. The molecule has 0 aromatic carbocycles. The van der Waals surface area contributed by atoms with Gasteiger partial charge in [-0.25, -0.2) is 0 Å². The van der Waals surface area contributed by atoms with Crippen molar-refractivity contribution in [1.82, 2.24) is 15.0 Å². The van der Waals surface area contributed by atoms with Gasteiger partial charge >= 0.3 is 0 Å². The van der Waals surface area contributed by atoms with Gasteiger partial charge in [-0.15, -0.1) is 11.3 Å². The van der Waals surface area contributed by atoms with Gasteiger partial charge in [0.15, 0.2) is 5.82 Å². The van der Waals surface area contributed by atoms with E-state index in [1.165, 1.54) is 11.3 Å². The number of hydrogen-bond donors (Lipinski definition) is 0. The lowest BCUT2D eigenvalue weighted by Gasteiger charge is -2.27. The summed E-state index contributed by atoms with van der Waals surface area (Å²) in [6.45, 7) is 4.82. The van der Waals surface area contributed by atoms with Gasteiger partial charge in [-0.1, -0.05) is 18.0 Å². The molecule has 0 aliphatic carbocycles. The van der Waals surface area contributed by atoms with Gasteiger partial charge in [0.25, 0.3) is 5.91 Å². The Bertz CT molecular complexity index is 621. The van der Waals surface area contributed by atoms with Crippen LogP contribution in [-0.2, 0) is 0 Å². The number of likely N-dealkylation sites (tertiary alicyclic amines) is 1. The Morgan fingerprint density at radius 3 is 2.90 bits per heavy atom. The van der Waals surface area contributed by atoms with Crippen LogP contribution < -0.4 is 0 Å². The predicted octanol–water partition coefficient (Wildman–Crippen LogP) is 3.51. The van der Waals surface area contributed by atoms with Crippen LogP contribution in [0.15, 0.2) is 16.3 Å². The number of aromatic nitrogens is 2. The molecule has 3 rings (SSSR count). The normalized spacial score (nSPS) is 19.5. The summed E-state index contributed by atoms with van der Waals surface area (Å²) in [5.41, 5.74) is 1.90. The Morgan fingerprint density at radius 2 is 2.24 bits per heavy atom. The zero-order chi connectivity index (χ0) is 14.8. The molecule has 0 saturated carbocycles. The van der Waals surface area contributed by atoms with Crippen LogP contribution in [0.3, 0.4) is 0 Å². The molecule has 0 bridgehead atoms. The SMILES string of the molecule is Cc1scc(C(=O)N2CCCCC[C@H]2c2ncon2)c1C. The van der Waals surface area contributed by atoms with Crippen LogP contribution >= 0.6 is 11.3 Å². The van der Waals surface area contributed by atoms with Crippen molar-refractivity contribution >= 4 is 17.2 Å². The molecule has 1 aliphatic heterocycles. The van der Waals surface area contributed by atoms with Gasteiger partial charge in [0.1, 0.15) is 0 Å². The van der Waals surface area contributed by atoms with Crippen LogP contribution in [0, 0.1) is 13.8 Å². The van der Waals surface area contributed by atoms with Crippen LogP contribution in [0.25, 0.3) is 0 Å². The maximum absolute atomic E-state index is 12.9. The van der Waals surface area contributed by atoms with E-state index < -0.39 is 0 Å². The second-order valence-corrected chi connectivity index (χ2v) is 6.57. The van der Waals surface area contributed by atoms with Gasteiger partial charge in [-0.05, 0) is 32.3 Å². The Kier molecular flexibility index (Phi) is 4.05. The molecule has 2 aromatic heterocycles. The highest BCUT2D eigenvalue weighted by molar-refractivity contribution is 7.10. The largest absolute Gasteiger partial charge is 0.343 e. The third-order valence-corrected chi connectivity index (χ3v) is 5.22. The molecule has 0 spiro atoms. The lowest BCUT2D eigenvalue weighted by Crippen LogP contribution is -2.35. The third kappa shape index (κ3) is 2.72. The highest BCUT2D eigenvalue weighted by Gasteiger charge is 2.31. The Morgan fingerprint density at radius 1 is 1.38 bits per heavy atom. The Balaban J connectivity index is 1.92. The first-order valence-corrected chi connectivity index (χ1v) is 8.18. The quantitative estimate of drug-likeness (QED) is 0.852. The second kappa shape index (κ2) is 5.97. The minimum Gasteiger partial charge on any atom is -0.343 e. The van der Waals surface area contributed by atoms with E-state index in [-0.39, 0.29) is 11.9 Å². The summed E-state index contributed by atoms with van der Waals surface area (Å²) in [6.07, 6.45) is 5.49. The first kappa shape index (κ1) is 14.3. The van der Waals surface area contributed by atoms with E-state index in [1.807, 2.05) is 17.2 Å². The van der Waals surface area contributed by atoms with Crippen molar-refractivity contribution in [2.24, 2.45) is 0 Å². The standard InChI is InChI=1S/C15H19N3O2S/c1-10-11(2)21-8-12(10)15(19)18-7-5-3-4-6-13(18)14-16-9-20-17-14/h8-9,13H,3-7H2,1-2H3/t13-/m0/s1. The molecule has 1 aliphatic rings. The number of amides is 1. The second-order valence-electron chi connectivity index (χ2n) is 5.48. The Labute approximate surface area is 128 Å². The first-order valence-electron chi connectivity index (χ1n) is 7.30. The van der Waals surface area contributed by atoms with Crippen molar-refractivity contribution in [3.05, 3.63) is 33.6 Å². The van der Waals surface area contributed by atoms with Gasteiger partial charge in [-0.2, -0.15) is 4.98 Å². The van der Waals surface area contributed by atoms with Crippen LogP contribution in [0.2, 0.25) is 0 Å². The van der Waals surface area contributed by atoms with Crippen molar-refractivity contribution in [2.45, 2.75) is 45.6 Å². The Hall–Kier alpha value is -1.69. The van der Waals surface area contributed by atoms with E-state index in [2.05, 4.69) is 17.1 Å². The van der Waals surface area contributed by atoms with E-state index in [4.69, 9.17) is 4.52 Å². The minimum absolute atomic E-state index is 0.0710. The molecule has 2 aromatic rings. The predicted molar refractivity (Wildman–Crippen MR) is 80.3 cm³/mol. The zero-order valence-electron chi connectivity index (χ0n) is 12.3. The molecule has 1 amide bonds. The van der Waals surface area contributed by atoms with E-state index in [0.717, 1.165) is 43.4 Å². The number of hydrogen-bond acceptors (Lipinski definition) is 5. The van der Waals surface area contributed by atoms with E-state index in [0.29, 0.717) is 5.82 Å². The topological polar surface area (TPSA) is 59.2 Å². The van der Waals surface area contributed by atoms with Crippen LogP contribution in [-0.4, -0.2) is 27.5 Å². The maximum Gasteiger partial charge on any atom is 0.255 e. The fourth-order valence-corrected chi connectivity index (χ4v) is 3.68. The van der Waals surface area contributed by atoms with Crippen molar-refractivity contribution < 1.29 is 9.32 Å². The molecule has 6 heteroatoms. The molecule has 1 fully saturated rings.